The van der Waals surface area contributed by atoms with Gasteiger partial charge in [0.1, 0.15) is 6.61 Å². The van der Waals surface area contributed by atoms with Crippen LogP contribution in [0, 0.1) is 0 Å². The highest BCUT2D eigenvalue weighted by Gasteiger charge is 2.16. The van der Waals surface area contributed by atoms with Crippen molar-refractivity contribution < 1.29 is 19.1 Å². The third kappa shape index (κ3) is 10.6. The van der Waals surface area contributed by atoms with Crippen LogP contribution in [0.4, 0.5) is 4.79 Å². The molecule has 6 heteroatoms. The quantitative estimate of drug-likeness (QED) is 0.692. The molecule has 1 saturated heterocycles. The van der Waals surface area contributed by atoms with Crippen LogP contribution in [0.3, 0.4) is 0 Å². The molecule has 1 aromatic carbocycles. The van der Waals surface area contributed by atoms with Gasteiger partial charge >= 0.3 is 12.1 Å². The minimum atomic E-state index is -0.470. The van der Waals surface area contributed by atoms with Gasteiger partial charge in [0.2, 0.25) is 0 Å². The first-order chi connectivity index (χ1) is 13.7. The lowest BCUT2D eigenvalue weighted by atomic mass is 10.2. The molecule has 1 N–H and O–H groups in total. The van der Waals surface area contributed by atoms with Crippen LogP contribution in [0.5, 0.6) is 0 Å². The highest BCUT2D eigenvalue weighted by molar-refractivity contribution is 5.71. The summed E-state index contributed by atoms with van der Waals surface area (Å²) in [6, 6.07) is 9.52. The van der Waals surface area contributed by atoms with Crippen LogP contribution >= 0.6 is 0 Å². The first-order valence-corrected chi connectivity index (χ1v) is 10.1. The molecular weight excluding hydrogens is 356 g/mol. The molecule has 2 rings (SSSR count). The van der Waals surface area contributed by atoms with Crippen molar-refractivity contribution in [1.29, 1.82) is 0 Å². The van der Waals surface area contributed by atoms with Gasteiger partial charge in [0, 0.05) is 18.8 Å². The Labute approximate surface area is 169 Å². The van der Waals surface area contributed by atoms with Crippen LogP contribution < -0.4 is 5.32 Å². The molecule has 0 atom stereocenters. The van der Waals surface area contributed by atoms with Crippen molar-refractivity contribution >= 4 is 12.1 Å². The Hall–Kier alpha value is -2.50. The number of hydrogen-bond acceptors (Lipinski definition) is 5. The van der Waals surface area contributed by atoms with Crippen molar-refractivity contribution in [1.82, 2.24) is 10.2 Å². The van der Waals surface area contributed by atoms with Gasteiger partial charge in [-0.1, -0.05) is 64.1 Å². The Morgan fingerprint density at radius 1 is 1.07 bits per heavy atom. The van der Waals surface area contributed by atoms with E-state index in [0.717, 1.165) is 37.2 Å². The number of esters is 1. The molecule has 6 nitrogen and oxygen atoms in total. The standard InChI is InChI=1S/C18H24N2O4.2C2H6/c1-23-17(21)10-9-16(20-11-5-6-12-20)13-19-18(22)24-14-15-7-3-2-4-8-15;2*1-2/h2-4,7-9H,5-6,10-14H2,1H3,(H,19,22);2*1-2H3/b16-9+;;. The van der Waals surface area contributed by atoms with Gasteiger partial charge in [-0.25, -0.2) is 4.79 Å². The van der Waals surface area contributed by atoms with Gasteiger partial charge in [-0.2, -0.15) is 0 Å². The Morgan fingerprint density at radius 2 is 1.68 bits per heavy atom. The minimum absolute atomic E-state index is 0.197. The fourth-order valence-corrected chi connectivity index (χ4v) is 2.54. The zero-order chi connectivity index (χ0) is 21.2. The van der Waals surface area contributed by atoms with Crippen molar-refractivity contribution in [2.75, 3.05) is 26.7 Å². The van der Waals surface area contributed by atoms with Crippen LogP contribution in [-0.2, 0) is 20.9 Å². The van der Waals surface area contributed by atoms with Crippen molar-refractivity contribution in [2.45, 2.75) is 53.6 Å². The molecule has 0 unspecified atom stereocenters. The maximum Gasteiger partial charge on any atom is 0.407 e. The maximum atomic E-state index is 11.9. The molecule has 1 heterocycles. The highest BCUT2D eigenvalue weighted by atomic mass is 16.5. The van der Waals surface area contributed by atoms with Crippen LogP contribution in [0.15, 0.2) is 42.1 Å². The lowest BCUT2D eigenvalue weighted by molar-refractivity contribution is -0.139. The van der Waals surface area contributed by atoms with Gasteiger partial charge in [-0.15, -0.1) is 0 Å². The van der Waals surface area contributed by atoms with Crippen LogP contribution in [0.2, 0.25) is 0 Å². The molecule has 0 radical (unpaired) electrons. The number of benzene rings is 1. The summed E-state index contributed by atoms with van der Waals surface area (Å²) in [4.78, 5) is 25.4. The van der Waals surface area contributed by atoms with Crippen LogP contribution in [0.1, 0.15) is 52.5 Å². The summed E-state index contributed by atoms with van der Waals surface area (Å²) in [6.45, 7) is 10.4. The molecule has 0 aromatic heterocycles. The van der Waals surface area contributed by atoms with E-state index in [2.05, 4.69) is 15.0 Å². The van der Waals surface area contributed by atoms with E-state index in [1.807, 2.05) is 64.1 Å². The van der Waals surface area contributed by atoms with Gasteiger partial charge < -0.3 is 19.7 Å². The first-order valence-electron chi connectivity index (χ1n) is 10.1. The molecule has 158 valence electrons. The van der Waals surface area contributed by atoms with Gasteiger partial charge in [0.15, 0.2) is 0 Å². The summed E-state index contributed by atoms with van der Waals surface area (Å²) >= 11 is 0. The summed E-state index contributed by atoms with van der Waals surface area (Å²) in [5, 5.41) is 2.75. The summed E-state index contributed by atoms with van der Waals surface area (Å²) < 4.78 is 9.86. The van der Waals surface area contributed by atoms with E-state index >= 15 is 0 Å². The van der Waals surface area contributed by atoms with Crippen molar-refractivity contribution in [2.24, 2.45) is 0 Å². The van der Waals surface area contributed by atoms with E-state index < -0.39 is 6.09 Å². The average Bonchev–Trinajstić information content (AvgIpc) is 3.30. The lowest BCUT2D eigenvalue weighted by Crippen LogP contribution is -2.32. The van der Waals surface area contributed by atoms with Gasteiger partial charge in [0.25, 0.3) is 0 Å². The van der Waals surface area contributed by atoms with E-state index in [4.69, 9.17) is 4.74 Å². The Kier molecular flexibility index (Phi) is 15.2. The van der Waals surface area contributed by atoms with E-state index in [1.165, 1.54) is 7.11 Å². The molecule has 1 aliphatic heterocycles. The Morgan fingerprint density at radius 3 is 2.25 bits per heavy atom. The number of rotatable bonds is 7. The van der Waals surface area contributed by atoms with E-state index in [9.17, 15) is 9.59 Å². The molecule has 0 spiro atoms. The number of nitrogens with one attached hydrogen (secondary N) is 1. The van der Waals surface area contributed by atoms with Gasteiger partial charge in [-0.3, -0.25) is 4.79 Å². The van der Waals surface area contributed by atoms with E-state index in [-0.39, 0.29) is 19.0 Å². The number of ether oxygens (including phenoxy) is 2. The summed E-state index contributed by atoms with van der Waals surface area (Å²) in [5.74, 6) is -0.293. The number of methoxy groups -OCH3 is 1. The number of hydrogen-bond donors (Lipinski definition) is 1. The molecule has 1 aromatic rings. The van der Waals surface area contributed by atoms with Gasteiger partial charge in [0.05, 0.1) is 20.1 Å². The topological polar surface area (TPSA) is 67.9 Å². The van der Waals surface area contributed by atoms with E-state index in [1.54, 1.807) is 0 Å². The number of alkyl carbamates (subject to hydrolysis) is 1. The normalized spacial score (nSPS) is 12.8. The Balaban J connectivity index is 0.00000171. The number of carbonyl (C=O) groups excluding carboxylic acids is 2. The SMILES string of the molecule is CC.CC.COC(=O)C/C=C(\CNC(=O)OCc1ccccc1)N1CCCC1. The molecule has 28 heavy (non-hydrogen) atoms. The summed E-state index contributed by atoms with van der Waals surface area (Å²) in [6.07, 6.45) is 3.78. The fourth-order valence-electron chi connectivity index (χ4n) is 2.54. The van der Waals surface area contributed by atoms with Crippen LogP contribution in [0.25, 0.3) is 0 Å². The lowest BCUT2D eigenvalue weighted by Gasteiger charge is -2.22. The second-order valence-electron chi connectivity index (χ2n) is 5.59. The predicted molar refractivity (Wildman–Crippen MR) is 113 cm³/mol. The van der Waals surface area contributed by atoms with Crippen molar-refractivity contribution in [3.05, 3.63) is 47.7 Å². The van der Waals surface area contributed by atoms with Crippen molar-refractivity contribution in [3.63, 3.8) is 0 Å². The number of carbonyl (C=O) groups is 2. The first kappa shape index (κ1) is 25.5. The number of nitrogens with zero attached hydrogens (tertiary/aromatic N) is 1. The average molecular weight is 393 g/mol. The van der Waals surface area contributed by atoms with E-state index in [0.29, 0.717) is 6.54 Å². The third-order valence-electron chi connectivity index (χ3n) is 3.87. The minimum Gasteiger partial charge on any atom is -0.469 e. The predicted octanol–water partition coefficient (Wildman–Crippen LogP) is 4.51. The maximum absolute atomic E-state index is 11.9. The van der Waals surface area contributed by atoms with Gasteiger partial charge in [-0.05, 0) is 18.4 Å². The van der Waals surface area contributed by atoms with Crippen LogP contribution in [-0.4, -0.2) is 43.7 Å². The second kappa shape index (κ2) is 16.7. The monoisotopic (exact) mass is 392 g/mol. The third-order valence-corrected chi connectivity index (χ3v) is 3.87. The highest BCUT2D eigenvalue weighted by Crippen LogP contribution is 2.15. The molecule has 1 aliphatic rings. The number of amides is 1. The zero-order valence-electron chi connectivity index (χ0n) is 18.0. The largest absolute Gasteiger partial charge is 0.469 e. The molecule has 0 aliphatic carbocycles. The van der Waals surface area contributed by atoms with Crippen molar-refractivity contribution in [3.8, 4) is 0 Å². The fraction of sp³-hybridized carbons (Fsp3) is 0.545. The Bertz CT molecular complexity index is 567. The molecular formula is C22H36N2O4. The zero-order valence-corrected chi connectivity index (χ0v) is 18.0. The number of likely N-dealkylation sites (tertiary alicyclic amines) is 1. The smallest absolute Gasteiger partial charge is 0.407 e. The molecule has 1 amide bonds. The summed E-state index contributed by atoms with van der Waals surface area (Å²) in [7, 11) is 1.37. The molecule has 0 bridgehead atoms. The summed E-state index contributed by atoms with van der Waals surface area (Å²) in [5.41, 5.74) is 1.86. The molecule has 0 saturated carbocycles. The second-order valence-corrected chi connectivity index (χ2v) is 5.59. The molecule has 1 fully saturated rings.